The van der Waals surface area contributed by atoms with Crippen molar-refractivity contribution in [2.45, 2.75) is 18.7 Å². The van der Waals surface area contributed by atoms with Gasteiger partial charge < -0.3 is 4.90 Å². The highest BCUT2D eigenvalue weighted by atomic mass is 35.5. The predicted molar refractivity (Wildman–Crippen MR) is 91.6 cm³/mol. The summed E-state index contributed by atoms with van der Waals surface area (Å²) in [6, 6.07) is 9.36. The summed E-state index contributed by atoms with van der Waals surface area (Å²) in [7, 11) is -1.21. The van der Waals surface area contributed by atoms with E-state index >= 15 is 0 Å². The number of rotatable bonds is 4. The van der Waals surface area contributed by atoms with Gasteiger partial charge in [0.15, 0.2) is 0 Å². The van der Waals surface area contributed by atoms with Gasteiger partial charge >= 0.3 is 0 Å². The summed E-state index contributed by atoms with van der Waals surface area (Å²) in [4.78, 5) is 15.5. The first-order valence-corrected chi connectivity index (χ1v) is 9.79. The molecule has 0 saturated heterocycles. The quantitative estimate of drug-likeness (QED) is 0.846. The number of benzene rings is 1. The van der Waals surface area contributed by atoms with Crippen LogP contribution in [0.25, 0.3) is 0 Å². The molecule has 116 valence electrons. The average molecular weight is 354 g/mol. The van der Waals surface area contributed by atoms with Crippen LogP contribution in [-0.2, 0) is 34.3 Å². The van der Waals surface area contributed by atoms with Gasteiger partial charge in [0.25, 0.3) is 0 Å². The van der Waals surface area contributed by atoms with Crippen LogP contribution in [0.2, 0.25) is 5.02 Å². The highest BCUT2D eigenvalue weighted by Gasteiger charge is 2.22. The molecular weight excluding hydrogens is 338 g/mol. The summed E-state index contributed by atoms with van der Waals surface area (Å²) < 4.78 is 12.2. The summed E-state index contributed by atoms with van der Waals surface area (Å²) >= 11 is 7.67. The minimum Gasteiger partial charge on any atom is -0.337 e. The molecule has 0 radical (unpaired) electrons. The Balaban J connectivity index is 1.57. The maximum absolute atomic E-state index is 12.3. The van der Waals surface area contributed by atoms with Gasteiger partial charge in [-0.05, 0) is 41.1 Å². The minimum atomic E-state index is -1.21. The molecule has 1 aromatic carbocycles. The smallest absolute Gasteiger partial charge is 0.235 e. The van der Waals surface area contributed by atoms with Crippen molar-refractivity contribution in [3.8, 4) is 0 Å². The van der Waals surface area contributed by atoms with Crippen LogP contribution in [0.5, 0.6) is 0 Å². The summed E-state index contributed by atoms with van der Waals surface area (Å²) in [5.74, 6) is 0.410. The van der Waals surface area contributed by atoms with Crippen LogP contribution in [0.1, 0.15) is 16.0 Å². The zero-order valence-electron chi connectivity index (χ0n) is 12.0. The number of hydrogen-bond acceptors (Lipinski definition) is 3. The van der Waals surface area contributed by atoms with E-state index in [9.17, 15) is 9.00 Å². The van der Waals surface area contributed by atoms with Gasteiger partial charge in [-0.3, -0.25) is 9.00 Å². The van der Waals surface area contributed by atoms with Crippen molar-refractivity contribution in [1.29, 1.82) is 0 Å². The van der Waals surface area contributed by atoms with Crippen molar-refractivity contribution in [3.05, 3.63) is 56.7 Å². The molecule has 0 unspecified atom stereocenters. The summed E-state index contributed by atoms with van der Waals surface area (Å²) in [6.45, 7) is 1.37. The van der Waals surface area contributed by atoms with Crippen LogP contribution in [0.15, 0.2) is 35.7 Å². The van der Waals surface area contributed by atoms with Gasteiger partial charge in [0.05, 0.1) is 0 Å². The zero-order valence-corrected chi connectivity index (χ0v) is 14.3. The Kier molecular flexibility index (Phi) is 4.96. The first-order chi connectivity index (χ1) is 10.6. The largest absolute Gasteiger partial charge is 0.337 e. The van der Waals surface area contributed by atoms with Gasteiger partial charge in [0, 0.05) is 39.5 Å². The predicted octanol–water partition coefficient (Wildman–Crippen LogP) is 3.24. The Hall–Kier alpha value is -1.17. The molecule has 0 saturated carbocycles. The number of hydrogen-bond donors (Lipinski definition) is 0. The van der Waals surface area contributed by atoms with E-state index in [1.165, 1.54) is 10.4 Å². The second-order valence-corrected chi connectivity index (χ2v) is 8.19. The Morgan fingerprint density at radius 2 is 2.23 bits per heavy atom. The SMILES string of the molecule is O=C(C[S@](=O)Cc1cccc(Cl)c1)N1CCc2sccc2C1. The van der Waals surface area contributed by atoms with Crippen molar-refractivity contribution < 1.29 is 9.00 Å². The number of nitrogens with zero attached hydrogens (tertiary/aromatic N) is 1. The molecule has 0 spiro atoms. The maximum atomic E-state index is 12.3. The normalized spacial score (nSPS) is 15.4. The summed E-state index contributed by atoms with van der Waals surface area (Å²) in [5.41, 5.74) is 2.13. The molecule has 2 heterocycles. The lowest BCUT2D eigenvalue weighted by molar-refractivity contribution is -0.129. The van der Waals surface area contributed by atoms with E-state index in [0.717, 1.165) is 18.5 Å². The lowest BCUT2D eigenvalue weighted by Crippen LogP contribution is -2.38. The molecule has 1 aliphatic heterocycles. The molecule has 1 aliphatic rings. The van der Waals surface area contributed by atoms with Crippen LogP contribution in [0, 0.1) is 0 Å². The highest BCUT2D eigenvalue weighted by molar-refractivity contribution is 7.84. The average Bonchev–Trinajstić information content (AvgIpc) is 2.94. The molecule has 6 heteroatoms. The first kappa shape index (κ1) is 15.7. The summed E-state index contributed by atoms with van der Waals surface area (Å²) in [6.07, 6.45) is 0.902. The third-order valence-electron chi connectivity index (χ3n) is 3.66. The monoisotopic (exact) mass is 353 g/mol. The molecule has 1 aromatic heterocycles. The van der Waals surface area contributed by atoms with Crippen LogP contribution in [0.4, 0.5) is 0 Å². The van der Waals surface area contributed by atoms with Gasteiger partial charge in [-0.25, -0.2) is 0 Å². The fraction of sp³-hybridized carbons (Fsp3) is 0.312. The second-order valence-electron chi connectivity index (χ2n) is 5.29. The maximum Gasteiger partial charge on any atom is 0.235 e. The number of carbonyl (C=O) groups excluding carboxylic acids is 1. The Labute approximate surface area is 141 Å². The van der Waals surface area contributed by atoms with E-state index in [1.807, 2.05) is 17.0 Å². The van der Waals surface area contributed by atoms with Crippen molar-refractivity contribution in [2.24, 2.45) is 0 Å². The minimum absolute atomic E-state index is 0.0304. The molecule has 1 amide bonds. The zero-order chi connectivity index (χ0) is 15.5. The Morgan fingerprint density at radius 1 is 1.36 bits per heavy atom. The molecule has 2 aromatic rings. The van der Waals surface area contributed by atoms with Gasteiger partial charge in [0.2, 0.25) is 5.91 Å². The molecule has 0 aliphatic carbocycles. The molecule has 3 rings (SSSR count). The van der Waals surface area contributed by atoms with Crippen molar-refractivity contribution >= 4 is 39.6 Å². The molecular formula is C16H16ClNO2S2. The van der Waals surface area contributed by atoms with Gasteiger partial charge in [-0.2, -0.15) is 0 Å². The number of amides is 1. The standard InChI is InChI=1S/C16H16ClNO2S2/c17-14-3-1-2-12(8-14)10-22(20)11-16(19)18-6-4-15-13(9-18)5-7-21-15/h1-3,5,7-8H,4,6,9-11H2/t22-/m1/s1. The van der Waals surface area contributed by atoms with E-state index in [0.29, 0.717) is 17.3 Å². The van der Waals surface area contributed by atoms with Crippen molar-refractivity contribution in [1.82, 2.24) is 4.90 Å². The van der Waals surface area contributed by atoms with Crippen LogP contribution >= 0.6 is 22.9 Å². The van der Waals surface area contributed by atoms with Crippen molar-refractivity contribution in [2.75, 3.05) is 12.3 Å². The third kappa shape index (κ3) is 3.77. The van der Waals surface area contributed by atoms with Gasteiger partial charge in [-0.1, -0.05) is 23.7 Å². The fourth-order valence-electron chi connectivity index (χ4n) is 2.55. The van der Waals surface area contributed by atoms with Crippen molar-refractivity contribution in [3.63, 3.8) is 0 Å². The Bertz CT molecular complexity index is 714. The van der Waals surface area contributed by atoms with Crippen LogP contribution < -0.4 is 0 Å². The first-order valence-electron chi connectivity index (χ1n) is 7.04. The molecule has 0 fully saturated rings. The van der Waals surface area contributed by atoms with Gasteiger partial charge in [-0.15, -0.1) is 11.3 Å². The van der Waals surface area contributed by atoms with E-state index in [1.54, 1.807) is 23.5 Å². The van der Waals surface area contributed by atoms with E-state index in [4.69, 9.17) is 11.6 Å². The molecule has 3 nitrogen and oxygen atoms in total. The van der Waals surface area contributed by atoms with Crippen LogP contribution in [0.3, 0.4) is 0 Å². The summed E-state index contributed by atoms with van der Waals surface area (Å²) in [5, 5.41) is 2.69. The fourth-order valence-corrected chi connectivity index (χ4v) is 4.77. The topological polar surface area (TPSA) is 37.4 Å². The molecule has 0 N–H and O–H groups in total. The van der Waals surface area contributed by atoms with E-state index < -0.39 is 10.8 Å². The molecule has 1 atom stereocenters. The number of thiophene rings is 1. The van der Waals surface area contributed by atoms with Crippen LogP contribution in [-0.4, -0.2) is 27.3 Å². The Morgan fingerprint density at radius 3 is 3.05 bits per heavy atom. The molecule has 22 heavy (non-hydrogen) atoms. The number of carbonyl (C=O) groups is 1. The van der Waals surface area contributed by atoms with E-state index in [2.05, 4.69) is 11.4 Å². The lowest BCUT2D eigenvalue weighted by Gasteiger charge is -2.26. The van der Waals surface area contributed by atoms with E-state index in [-0.39, 0.29) is 11.7 Å². The highest BCUT2D eigenvalue weighted by Crippen LogP contribution is 2.24. The molecule has 0 bridgehead atoms. The number of fused-ring (bicyclic) bond motifs is 1. The lowest BCUT2D eigenvalue weighted by atomic mass is 10.1. The number of halogens is 1. The van der Waals surface area contributed by atoms with Gasteiger partial charge in [0.1, 0.15) is 5.75 Å². The second kappa shape index (κ2) is 6.94. The third-order valence-corrected chi connectivity index (χ3v) is 6.14.